The molecule has 0 bridgehead atoms. The van der Waals surface area contributed by atoms with Crippen molar-refractivity contribution >= 4 is 11.6 Å². The number of amides is 1. The van der Waals surface area contributed by atoms with Crippen molar-refractivity contribution in [1.82, 2.24) is 5.32 Å². The molecule has 0 radical (unpaired) electrons. The first kappa shape index (κ1) is 16.5. The number of hydrogen-bond donors (Lipinski definition) is 2. The van der Waals surface area contributed by atoms with Gasteiger partial charge in [0.15, 0.2) is 0 Å². The summed E-state index contributed by atoms with van der Waals surface area (Å²) in [5.74, 6) is 0.723. The number of hydrogen-bond acceptors (Lipinski definition) is 3. The van der Waals surface area contributed by atoms with Gasteiger partial charge in [0.05, 0.1) is 12.3 Å². The highest BCUT2D eigenvalue weighted by Gasteiger charge is 2.11. The number of benzene rings is 1. The Morgan fingerprint density at radius 1 is 1.25 bits per heavy atom. The first-order valence-electron chi connectivity index (χ1n) is 7.19. The van der Waals surface area contributed by atoms with Gasteiger partial charge in [0.1, 0.15) is 5.75 Å². The SMILES string of the molecule is CCCOc1ccccc1NC(=O)CCNC(C)(C)C. The molecule has 0 spiro atoms. The summed E-state index contributed by atoms with van der Waals surface area (Å²) in [6, 6.07) is 7.53. The van der Waals surface area contributed by atoms with Gasteiger partial charge in [-0.3, -0.25) is 4.79 Å². The van der Waals surface area contributed by atoms with E-state index in [-0.39, 0.29) is 11.4 Å². The van der Waals surface area contributed by atoms with E-state index in [1.807, 2.05) is 24.3 Å². The molecule has 2 N–H and O–H groups in total. The van der Waals surface area contributed by atoms with E-state index in [1.165, 1.54) is 0 Å². The van der Waals surface area contributed by atoms with Crippen LogP contribution in [0.1, 0.15) is 40.5 Å². The van der Waals surface area contributed by atoms with Crippen LogP contribution >= 0.6 is 0 Å². The molecule has 0 saturated carbocycles. The van der Waals surface area contributed by atoms with Crippen molar-refractivity contribution in [3.8, 4) is 5.75 Å². The van der Waals surface area contributed by atoms with Crippen molar-refractivity contribution in [2.75, 3.05) is 18.5 Å². The molecule has 20 heavy (non-hydrogen) atoms. The van der Waals surface area contributed by atoms with E-state index >= 15 is 0 Å². The van der Waals surface area contributed by atoms with Gasteiger partial charge in [-0.25, -0.2) is 0 Å². The molecule has 1 aromatic carbocycles. The van der Waals surface area contributed by atoms with Crippen LogP contribution in [0.5, 0.6) is 5.75 Å². The first-order chi connectivity index (χ1) is 9.42. The molecule has 0 fully saturated rings. The molecule has 1 rings (SSSR count). The summed E-state index contributed by atoms with van der Waals surface area (Å²) in [7, 11) is 0. The summed E-state index contributed by atoms with van der Waals surface area (Å²) in [6.45, 7) is 9.61. The van der Waals surface area contributed by atoms with Crippen molar-refractivity contribution < 1.29 is 9.53 Å². The van der Waals surface area contributed by atoms with Crippen LogP contribution in [-0.4, -0.2) is 24.6 Å². The van der Waals surface area contributed by atoms with E-state index in [0.717, 1.165) is 17.9 Å². The Labute approximate surface area is 121 Å². The predicted octanol–water partition coefficient (Wildman–Crippen LogP) is 3.19. The van der Waals surface area contributed by atoms with Gasteiger partial charge in [-0.15, -0.1) is 0 Å². The summed E-state index contributed by atoms with van der Waals surface area (Å²) in [6.07, 6.45) is 1.39. The minimum absolute atomic E-state index is 0.00528. The smallest absolute Gasteiger partial charge is 0.225 e. The van der Waals surface area contributed by atoms with Gasteiger partial charge in [-0.05, 0) is 39.3 Å². The zero-order chi connectivity index (χ0) is 15.0. The Balaban J connectivity index is 2.49. The molecule has 0 unspecified atom stereocenters. The fourth-order valence-corrected chi connectivity index (χ4v) is 1.67. The Morgan fingerprint density at radius 3 is 2.60 bits per heavy atom. The highest BCUT2D eigenvalue weighted by Crippen LogP contribution is 2.23. The monoisotopic (exact) mass is 278 g/mol. The molecule has 4 heteroatoms. The molecular formula is C16H26N2O2. The van der Waals surface area contributed by atoms with Gasteiger partial charge in [0.2, 0.25) is 5.91 Å². The van der Waals surface area contributed by atoms with E-state index in [0.29, 0.717) is 19.6 Å². The number of nitrogens with one attached hydrogen (secondary N) is 2. The predicted molar refractivity (Wildman–Crippen MR) is 83.2 cm³/mol. The summed E-state index contributed by atoms with van der Waals surface area (Å²) in [5, 5.41) is 6.20. The number of rotatable bonds is 7. The molecule has 0 heterocycles. The number of anilines is 1. The van der Waals surface area contributed by atoms with E-state index in [9.17, 15) is 4.79 Å². The summed E-state index contributed by atoms with van der Waals surface area (Å²) in [4.78, 5) is 11.9. The lowest BCUT2D eigenvalue weighted by molar-refractivity contribution is -0.116. The molecule has 112 valence electrons. The molecule has 0 atom stereocenters. The lowest BCUT2D eigenvalue weighted by Gasteiger charge is -2.20. The van der Waals surface area contributed by atoms with Crippen molar-refractivity contribution in [2.24, 2.45) is 0 Å². The van der Waals surface area contributed by atoms with Gasteiger partial charge < -0.3 is 15.4 Å². The Bertz CT molecular complexity index is 425. The lowest BCUT2D eigenvalue weighted by atomic mass is 10.1. The number of carbonyl (C=O) groups excluding carboxylic acids is 1. The highest BCUT2D eigenvalue weighted by molar-refractivity contribution is 5.92. The Hall–Kier alpha value is -1.55. The maximum atomic E-state index is 11.9. The summed E-state index contributed by atoms with van der Waals surface area (Å²) < 4.78 is 5.62. The van der Waals surface area contributed by atoms with E-state index < -0.39 is 0 Å². The first-order valence-corrected chi connectivity index (χ1v) is 7.19. The second-order valence-corrected chi connectivity index (χ2v) is 5.82. The molecule has 0 aromatic heterocycles. The molecule has 1 aromatic rings. The van der Waals surface area contributed by atoms with Crippen LogP contribution < -0.4 is 15.4 Å². The van der Waals surface area contributed by atoms with Crippen molar-refractivity contribution in [3.63, 3.8) is 0 Å². The van der Waals surface area contributed by atoms with Gasteiger partial charge in [0.25, 0.3) is 0 Å². The van der Waals surface area contributed by atoms with Crippen LogP contribution in [0.3, 0.4) is 0 Å². The Morgan fingerprint density at radius 2 is 1.95 bits per heavy atom. The number of para-hydroxylation sites is 2. The number of ether oxygens (including phenoxy) is 1. The molecular weight excluding hydrogens is 252 g/mol. The van der Waals surface area contributed by atoms with E-state index in [4.69, 9.17) is 4.74 Å². The van der Waals surface area contributed by atoms with Crippen LogP contribution in [0, 0.1) is 0 Å². The van der Waals surface area contributed by atoms with Crippen LogP contribution in [0.4, 0.5) is 5.69 Å². The summed E-state index contributed by atoms with van der Waals surface area (Å²) >= 11 is 0. The summed E-state index contributed by atoms with van der Waals surface area (Å²) in [5.41, 5.74) is 0.768. The minimum Gasteiger partial charge on any atom is -0.491 e. The topological polar surface area (TPSA) is 50.4 Å². The second-order valence-electron chi connectivity index (χ2n) is 5.82. The average molecular weight is 278 g/mol. The van der Waals surface area contributed by atoms with Gasteiger partial charge in [-0.2, -0.15) is 0 Å². The maximum Gasteiger partial charge on any atom is 0.225 e. The fraction of sp³-hybridized carbons (Fsp3) is 0.562. The molecule has 0 saturated heterocycles. The zero-order valence-electron chi connectivity index (χ0n) is 13.0. The molecule has 0 aliphatic carbocycles. The van der Waals surface area contributed by atoms with Crippen LogP contribution in [0.15, 0.2) is 24.3 Å². The normalized spacial score (nSPS) is 11.2. The Kier molecular flexibility index (Phi) is 6.52. The molecule has 0 aliphatic heterocycles. The molecule has 4 nitrogen and oxygen atoms in total. The van der Waals surface area contributed by atoms with Crippen LogP contribution in [0.25, 0.3) is 0 Å². The minimum atomic E-state index is -0.00528. The van der Waals surface area contributed by atoms with Gasteiger partial charge >= 0.3 is 0 Å². The van der Waals surface area contributed by atoms with Gasteiger partial charge in [0, 0.05) is 18.5 Å². The zero-order valence-corrected chi connectivity index (χ0v) is 13.0. The fourth-order valence-electron chi connectivity index (χ4n) is 1.67. The molecule has 0 aliphatic rings. The van der Waals surface area contributed by atoms with Crippen molar-refractivity contribution in [2.45, 2.75) is 46.1 Å². The van der Waals surface area contributed by atoms with Crippen molar-refractivity contribution in [1.29, 1.82) is 0 Å². The third-order valence-electron chi connectivity index (χ3n) is 2.63. The standard InChI is InChI=1S/C16H26N2O2/c1-5-12-20-14-9-7-6-8-13(14)18-15(19)10-11-17-16(2,3)4/h6-9,17H,5,10-12H2,1-4H3,(H,18,19). The average Bonchev–Trinajstić information content (AvgIpc) is 2.36. The molecule has 1 amide bonds. The maximum absolute atomic E-state index is 11.9. The van der Waals surface area contributed by atoms with Crippen molar-refractivity contribution in [3.05, 3.63) is 24.3 Å². The van der Waals surface area contributed by atoms with Crippen LogP contribution in [-0.2, 0) is 4.79 Å². The number of carbonyl (C=O) groups is 1. The van der Waals surface area contributed by atoms with Gasteiger partial charge in [-0.1, -0.05) is 19.1 Å². The third-order valence-corrected chi connectivity index (χ3v) is 2.63. The largest absolute Gasteiger partial charge is 0.491 e. The second kappa shape index (κ2) is 7.90. The van der Waals surface area contributed by atoms with Crippen LogP contribution in [0.2, 0.25) is 0 Å². The van der Waals surface area contributed by atoms with E-state index in [2.05, 4.69) is 38.3 Å². The highest BCUT2D eigenvalue weighted by atomic mass is 16.5. The third kappa shape index (κ3) is 6.57. The quantitative estimate of drug-likeness (QED) is 0.805. The lowest BCUT2D eigenvalue weighted by Crippen LogP contribution is -2.37. The van der Waals surface area contributed by atoms with E-state index in [1.54, 1.807) is 0 Å².